The fourth-order valence-electron chi connectivity index (χ4n) is 2.09. The van der Waals surface area contributed by atoms with Gasteiger partial charge in [0.1, 0.15) is 11.5 Å². The minimum atomic E-state index is -0.0474. The Balaban J connectivity index is 2.27. The summed E-state index contributed by atoms with van der Waals surface area (Å²) in [5, 5.41) is 0. The van der Waals surface area contributed by atoms with Gasteiger partial charge in [0.05, 0.1) is 0 Å². The molecule has 3 heteroatoms. The standard InChI is InChI=1S/C18H21NO2/c1-12(20)16-9-8-15(11-17(16)19)21-14-7-5-6-13(10-14)18(2,3)4/h5-11H,19H2,1-4H3. The molecule has 0 atom stereocenters. The fourth-order valence-corrected chi connectivity index (χ4v) is 2.09. The molecule has 21 heavy (non-hydrogen) atoms. The van der Waals surface area contributed by atoms with E-state index in [1.165, 1.54) is 12.5 Å². The number of carbonyl (C=O) groups excluding carboxylic acids is 1. The van der Waals surface area contributed by atoms with Gasteiger partial charge in [0.15, 0.2) is 5.78 Å². The average molecular weight is 283 g/mol. The lowest BCUT2D eigenvalue weighted by Crippen LogP contribution is -2.10. The Morgan fingerprint density at radius 1 is 1.05 bits per heavy atom. The second-order valence-corrected chi connectivity index (χ2v) is 6.19. The highest BCUT2D eigenvalue weighted by molar-refractivity contribution is 5.99. The van der Waals surface area contributed by atoms with E-state index < -0.39 is 0 Å². The third-order valence-electron chi connectivity index (χ3n) is 3.34. The summed E-state index contributed by atoms with van der Waals surface area (Å²) in [7, 11) is 0. The normalized spacial score (nSPS) is 11.2. The number of hydrogen-bond acceptors (Lipinski definition) is 3. The third kappa shape index (κ3) is 3.63. The quantitative estimate of drug-likeness (QED) is 0.663. The van der Waals surface area contributed by atoms with E-state index in [9.17, 15) is 4.79 Å². The molecule has 0 amide bonds. The van der Waals surface area contributed by atoms with E-state index in [0.717, 1.165) is 5.75 Å². The zero-order valence-corrected chi connectivity index (χ0v) is 12.9. The molecule has 2 aromatic carbocycles. The van der Waals surface area contributed by atoms with Crippen molar-refractivity contribution in [3.8, 4) is 11.5 Å². The number of Topliss-reactive ketones (excluding diaryl/α,β-unsaturated/α-hetero) is 1. The second kappa shape index (κ2) is 5.60. The molecule has 0 heterocycles. The minimum Gasteiger partial charge on any atom is -0.457 e. The molecule has 0 saturated heterocycles. The zero-order valence-electron chi connectivity index (χ0n) is 12.9. The van der Waals surface area contributed by atoms with Crippen LogP contribution in [-0.4, -0.2) is 5.78 Å². The van der Waals surface area contributed by atoms with Gasteiger partial charge in [0.25, 0.3) is 0 Å². The lowest BCUT2D eigenvalue weighted by atomic mass is 9.87. The first-order valence-corrected chi connectivity index (χ1v) is 6.96. The number of hydrogen-bond donors (Lipinski definition) is 1. The van der Waals surface area contributed by atoms with Gasteiger partial charge < -0.3 is 10.5 Å². The van der Waals surface area contributed by atoms with Gasteiger partial charge in [-0.15, -0.1) is 0 Å². The van der Waals surface area contributed by atoms with Crippen molar-refractivity contribution < 1.29 is 9.53 Å². The number of nitrogen functional groups attached to an aromatic ring is 1. The van der Waals surface area contributed by atoms with Crippen LogP contribution in [0.15, 0.2) is 42.5 Å². The van der Waals surface area contributed by atoms with E-state index in [0.29, 0.717) is 17.0 Å². The van der Waals surface area contributed by atoms with E-state index in [4.69, 9.17) is 10.5 Å². The van der Waals surface area contributed by atoms with E-state index >= 15 is 0 Å². The van der Waals surface area contributed by atoms with Crippen molar-refractivity contribution in [1.29, 1.82) is 0 Å². The van der Waals surface area contributed by atoms with Crippen LogP contribution in [0.5, 0.6) is 11.5 Å². The Morgan fingerprint density at radius 2 is 1.71 bits per heavy atom. The Kier molecular flexibility index (Phi) is 4.03. The molecule has 0 saturated carbocycles. The van der Waals surface area contributed by atoms with Gasteiger partial charge in [0, 0.05) is 17.3 Å². The van der Waals surface area contributed by atoms with E-state index in [1.807, 2.05) is 18.2 Å². The Morgan fingerprint density at radius 3 is 2.29 bits per heavy atom. The third-order valence-corrected chi connectivity index (χ3v) is 3.34. The molecule has 3 nitrogen and oxygen atoms in total. The number of carbonyl (C=O) groups is 1. The second-order valence-electron chi connectivity index (χ2n) is 6.19. The smallest absolute Gasteiger partial charge is 0.161 e. The first-order valence-electron chi connectivity index (χ1n) is 6.96. The monoisotopic (exact) mass is 283 g/mol. The first kappa shape index (κ1) is 15.1. The molecule has 110 valence electrons. The van der Waals surface area contributed by atoms with Gasteiger partial charge in [0.2, 0.25) is 0 Å². The van der Waals surface area contributed by atoms with Crippen molar-refractivity contribution in [3.05, 3.63) is 53.6 Å². The number of ketones is 1. The summed E-state index contributed by atoms with van der Waals surface area (Å²) in [6.45, 7) is 7.97. The topological polar surface area (TPSA) is 52.3 Å². The van der Waals surface area contributed by atoms with Crippen molar-refractivity contribution in [2.75, 3.05) is 5.73 Å². The Hall–Kier alpha value is -2.29. The summed E-state index contributed by atoms with van der Waals surface area (Å²) in [6, 6.07) is 13.1. The van der Waals surface area contributed by atoms with Crippen LogP contribution in [0.1, 0.15) is 43.6 Å². The predicted molar refractivity (Wildman–Crippen MR) is 86.1 cm³/mol. The molecule has 0 spiro atoms. The maximum absolute atomic E-state index is 11.4. The molecule has 0 aliphatic carbocycles. The molecule has 0 fully saturated rings. The molecule has 0 aliphatic rings. The summed E-state index contributed by atoms with van der Waals surface area (Å²) in [5.41, 5.74) is 8.10. The van der Waals surface area contributed by atoms with Crippen LogP contribution >= 0.6 is 0 Å². The largest absolute Gasteiger partial charge is 0.457 e. The summed E-state index contributed by atoms with van der Waals surface area (Å²) in [5.74, 6) is 1.34. The van der Waals surface area contributed by atoms with Crippen molar-refractivity contribution in [3.63, 3.8) is 0 Å². The van der Waals surface area contributed by atoms with Crippen LogP contribution < -0.4 is 10.5 Å². The van der Waals surface area contributed by atoms with Crippen LogP contribution in [0, 0.1) is 0 Å². The van der Waals surface area contributed by atoms with Gasteiger partial charge in [-0.25, -0.2) is 0 Å². The zero-order chi connectivity index (χ0) is 15.6. The summed E-state index contributed by atoms with van der Waals surface area (Å²) in [6.07, 6.45) is 0. The summed E-state index contributed by atoms with van der Waals surface area (Å²) < 4.78 is 5.84. The predicted octanol–water partition coefficient (Wildman–Crippen LogP) is 4.56. The van der Waals surface area contributed by atoms with Gasteiger partial charge in [-0.1, -0.05) is 32.9 Å². The van der Waals surface area contributed by atoms with Gasteiger partial charge in [-0.3, -0.25) is 4.79 Å². The highest BCUT2D eigenvalue weighted by Gasteiger charge is 2.14. The highest BCUT2D eigenvalue weighted by Crippen LogP contribution is 2.29. The first-order chi connectivity index (χ1) is 9.77. The molecule has 0 radical (unpaired) electrons. The van der Waals surface area contributed by atoms with Crippen molar-refractivity contribution in [1.82, 2.24) is 0 Å². The highest BCUT2D eigenvalue weighted by atomic mass is 16.5. The minimum absolute atomic E-state index is 0.0474. The molecule has 2 aromatic rings. The molecule has 0 bridgehead atoms. The number of anilines is 1. The van der Waals surface area contributed by atoms with Gasteiger partial charge in [-0.05, 0) is 42.2 Å². The van der Waals surface area contributed by atoms with Crippen LogP contribution in [0.3, 0.4) is 0 Å². The SMILES string of the molecule is CC(=O)c1ccc(Oc2cccc(C(C)(C)C)c2)cc1N. The number of rotatable bonds is 3. The van der Waals surface area contributed by atoms with Crippen molar-refractivity contribution in [2.45, 2.75) is 33.1 Å². The van der Waals surface area contributed by atoms with E-state index in [2.05, 4.69) is 26.8 Å². The van der Waals surface area contributed by atoms with Crippen molar-refractivity contribution in [2.24, 2.45) is 0 Å². The van der Waals surface area contributed by atoms with Crippen molar-refractivity contribution >= 4 is 11.5 Å². The van der Waals surface area contributed by atoms with Gasteiger partial charge >= 0.3 is 0 Å². The van der Waals surface area contributed by atoms with Crippen LogP contribution in [0.2, 0.25) is 0 Å². The average Bonchev–Trinajstić information content (AvgIpc) is 2.37. The molecule has 2 rings (SSSR count). The summed E-state index contributed by atoms with van der Waals surface area (Å²) >= 11 is 0. The van der Waals surface area contributed by atoms with Gasteiger partial charge in [-0.2, -0.15) is 0 Å². The number of ether oxygens (including phenoxy) is 1. The van der Waals surface area contributed by atoms with Crippen LogP contribution in [-0.2, 0) is 5.41 Å². The lowest BCUT2D eigenvalue weighted by Gasteiger charge is -2.19. The molecule has 2 N–H and O–H groups in total. The van der Waals surface area contributed by atoms with E-state index in [-0.39, 0.29) is 11.2 Å². The maximum Gasteiger partial charge on any atom is 0.161 e. The Labute approximate surface area is 125 Å². The summed E-state index contributed by atoms with van der Waals surface area (Å²) in [4.78, 5) is 11.4. The van der Waals surface area contributed by atoms with E-state index in [1.54, 1.807) is 18.2 Å². The number of nitrogens with two attached hydrogens (primary N) is 1. The van der Waals surface area contributed by atoms with Crippen LogP contribution in [0.25, 0.3) is 0 Å². The molecule has 0 unspecified atom stereocenters. The number of benzene rings is 2. The molecular weight excluding hydrogens is 262 g/mol. The molecule has 0 aliphatic heterocycles. The fraction of sp³-hybridized carbons (Fsp3) is 0.278. The molecule has 0 aromatic heterocycles. The Bertz CT molecular complexity index is 669. The van der Waals surface area contributed by atoms with Crippen LogP contribution in [0.4, 0.5) is 5.69 Å². The molecular formula is C18H21NO2. The lowest BCUT2D eigenvalue weighted by molar-refractivity contribution is 0.101. The maximum atomic E-state index is 11.4.